The lowest BCUT2D eigenvalue weighted by Gasteiger charge is -2.34. The van der Waals surface area contributed by atoms with E-state index in [2.05, 4.69) is 0 Å². The molecule has 0 atom stereocenters. The van der Waals surface area contributed by atoms with E-state index in [1.807, 2.05) is 18.2 Å². The Labute approximate surface area is 172 Å². The van der Waals surface area contributed by atoms with Gasteiger partial charge in [0.15, 0.2) is 11.5 Å². The number of ether oxygens (including phenoxy) is 2. The number of piperazine rings is 1. The molecule has 0 unspecified atom stereocenters. The maximum Gasteiger partial charge on any atom is 0.253 e. The van der Waals surface area contributed by atoms with Crippen molar-refractivity contribution in [2.45, 2.75) is 4.90 Å². The number of halogens is 1. The maximum absolute atomic E-state index is 13.0. The van der Waals surface area contributed by atoms with Crippen molar-refractivity contribution in [2.24, 2.45) is 0 Å². The van der Waals surface area contributed by atoms with Gasteiger partial charge in [-0.15, -0.1) is 11.8 Å². The van der Waals surface area contributed by atoms with Gasteiger partial charge in [0.1, 0.15) is 19.0 Å². The molecule has 6 nitrogen and oxygen atoms in total. The van der Waals surface area contributed by atoms with Gasteiger partial charge in [-0.1, -0.05) is 0 Å². The minimum absolute atomic E-state index is 0.0405. The predicted octanol–water partition coefficient (Wildman–Crippen LogP) is 2.67. The van der Waals surface area contributed by atoms with E-state index in [0.717, 1.165) is 10.6 Å². The first kappa shape index (κ1) is 19.6. The van der Waals surface area contributed by atoms with Crippen LogP contribution in [0.3, 0.4) is 0 Å². The number of nitrogens with zero attached hydrogens (tertiary/aromatic N) is 2. The number of thioether (sulfide) groups is 1. The van der Waals surface area contributed by atoms with Crippen molar-refractivity contribution in [2.75, 3.05) is 45.1 Å². The second-order valence-corrected chi connectivity index (χ2v) is 7.82. The minimum Gasteiger partial charge on any atom is -0.486 e. The summed E-state index contributed by atoms with van der Waals surface area (Å²) in [5.41, 5.74) is 0.459. The molecule has 0 aliphatic carbocycles. The second kappa shape index (κ2) is 8.73. The fourth-order valence-corrected chi connectivity index (χ4v) is 4.11. The summed E-state index contributed by atoms with van der Waals surface area (Å²) in [4.78, 5) is 29.5. The van der Waals surface area contributed by atoms with Crippen LogP contribution >= 0.6 is 11.8 Å². The number of hydrogen-bond donors (Lipinski definition) is 0. The smallest absolute Gasteiger partial charge is 0.253 e. The summed E-state index contributed by atoms with van der Waals surface area (Å²) in [6, 6.07) is 11.2. The third-order valence-electron chi connectivity index (χ3n) is 4.89. The quantitative estimate of drug-likeness (QED) is 0.718. The highest BCUT2D eigenvalue weighted by Gasteiger charge is 2.25. The third kappa shape index (κ3) is 4.64. The normalized spacial score (nSPS) is 15.9. The highest BCUT2D eigenvalue weighted by Crippen LogP contribution is 2.34. The van der Waals surface area contributed by atoms with Gasteiger partial charge in [-0.05, 0) is 42.5 Å². The van der Waals surface area contributed by atoms with Gasteiger partial charge in [0.2, 0.25) is 5.91 Å². The van der Waals surface area contributed by atoms with Gasteiger partial charge >= 0.3 is 0 Å². The zero-order valence-electron chi connectivity index (χ0n) is 15.8. The monoisotopic (exact) mass is 416 g/mol. The fourth-order valence-electron chi connectivity index (χ4n) is 3.28. The molecule has 1 fully saturated rings. The number of carbonyl (C=O) groups is 2. The Morgan fingerprint density at radius 2 is 1.55 bits per heavy atom. The first-order valence-corrected chi connectivity index (χ1v) is 10.4. The number of carbonyl (C=O) groups excluding carboxylic acids is 2. The summed E-state index contributed by atoms with van der Waals surface area (Å²) >= 11 is 1.46. The molecule has 1 saturated heterocycles. The molecule has 0 spiro atoms. The summed E-state index contributed by atoms with van der Waals surface area (Å²) in [6.07, 6.45) is 0. The summed E-state index contributed by atoms with van der Waals surface area (Å²) in [5, 5.41) is 0. The number of amides is 2. The summed E-state index contributed by atoms with van der Waals surface area (Å²) in [5.74, 6) is 1.30. The SMILES string of the molecule is O=C(CSc1ccc2c(c1)OCCO2)N1CCN(C(=O)c2ccc(F)cc2)CC1. The molecule has 2 heterocycles. The summed E-state index contributed by atoms with van der Waals surface area (Å²) < 4.78 is 24.1. The zero-order valence-corrected chi connectivity index (χ0v) is 16.6. The molecular formula is C21H21FN2O4S. The van der Waals surface area contributed by atoms with Crippen LogP contribution in [0, 0.1) is 5.82 Å². The fraction of sp³-hybridized carbons (Fsp3) is 0.333. The number of benzene rings is 2. The van der Waals surface area contributed by atoms with Crippen LogP contribution in [0.1, 0.15) is 10.4 Å². The van der Waals surface area contributed by atoms with Gasteiger partial charge in [-0.25, -0.2) is 4.39 Å². The summed E-state index contributed by atoms with van der Waals surface area (Å²) in [7, 11) is 0. The van der Waals surface area contributed by atoms with Crippen LogP contribution < -0.4 is 9.47 Å². The minimum atomic E-state index is -0.368. The van der Waals surface area contributed by atoms with E-state index in [4.69, 9.17) is 9.47 Å². The average Bonchev–Trinajstić information content (AvgIpc) is 2.77. The molecule has 4 rings (SSSR count). The van der Waals surface area contributed by atoms with Crippen LogP contribution in [0.2, 0.25) is 0 Å². The van der Waals surface area contributed by atoms with Gasteiger partial charge in [0.05, 0.1) is 5.75 Å². The molecule has 2 aliphatic rings. The topological polar surface area (TPSA) is 59.1 Å². The van der Waals surface area contributed by atoms with E-state index in [1.165, 1.54) is 36.0 Å². The van der Waals surface area contributed by atoms with Crippen LogP contribution in [0.25, 0.3) is 0 Å². The molecule has 0 saturated carbocycles. The third-order valence-corrected chi connectivity index (χ3v) is 5.87. The Bertz CT molecular complexity index is 898. The van der Waals surface area contributed by atoms with E-state index >= 15 is 0 Å². The second-order valence-electron chi connectivity index (χ2n) is 6.77. The molecular weight excluding hydrogens is 395 g/mol. The lowest BCUT2D eigenvalue weighted by molar-refractivity contribution is -0.129. The van der Waals surface area contributed by atoms with Crippen molar-refractivity contribution >= 4 is 23.6 Å². The molecule has 0 aromatic heterocycles. The number of rotatable bonds is 4. The van der Waals surface area contributed by atoms with Crippen molar-refractivity contribution in [3.8, 4) is 11.5 Å². The molecule has 0 radical (unpaired) electrons. The maximum atomic E-state index is 13.0. The lowest BCUT2D eigenvalue weighted by atomic mass is 10.2. The zero-order chi connectivity index (χ0) is 20.2. The molecule has 2 aromatic carbocycles. The van der Waals surface area contributed by atoms with E-state index in [-0.39, 0.29) is 17.6 Å². The molecule has 2 amide bonds. The number of fused-ring (bicyclic) bond motifs is 1. The van der Waals surface area contributed by atoms with E-state index in [9.17, 15) is 14.0 Å². The van der Waals surface area contributed by atoms with Crippen molar-refractivity contribution < 1.29 is 23.5 Å². The average molecular weight is 416 g/mol. The van der Waals surface area contributed by atoms with Crippen LogP contribution in [0.15, 0.2) is 47.4 Å². The first-order valence-electron chi connectivity index (χ1n) is 9.45. The van der Waals surface area contributed by atoms with Crippen molar-refractivity contribution in [1.82, 2.24) is 9.80 Å². The first-order chi connectivity index (χ1) is 14.1. The molecule has 152 valence electrons. The van der Waals surface area contributed by atoms with E-state index < -0.39 is 0 Å². The number of hydrogen-bond acceptors (Lipinski definition) is 5. The van der Waals surface area contributed by atoms with Gasteiger partial charge in [0.25, 0.3) is 5.91 Å². The van der Waals surface area contributed by atoms with Gasteiger partial charge in [-0.3, -0.25) is 9.59 Å². The Hall–Kier alpha value is -2.74. The Kier molecular flexibility index (Phi) is 5.89. The van der Waals surface area contributed by atoms with Crippen LogP contribution in [0.5, 0.6) is 11.5 Å². The highest BCUT2D eigenvalue weighted by atomic mass is 32.2. The van der Waals surface area contributed by atoms with Crippen molar-refractivity contribution in [3.63, 3.8) is 0 Å². The molecule has 0 bridgehead atoms. The van der Waals surface area contributed by atoms with Gasteiger partial charge in [-0.2, -0.15) is 0 Å². The van der Waals surface area contributed by atoms with E-state index in [1.54, 1.807) is 9.80 Å². The molecule has 0 N–H and O–H groups in total. The highest BCUT2D eigenvalue weighted by molar-refractivity contribution is 8.00. The molecule has 2 aliphatic heterocycles. The standard InChI is InChI=1S/C21H21FN2O4S/c22-16-3-1-15(2-4-16)21(26)24-9-7-23(8-10-24)20(25)14-29-17-5-6-18-19(13-17)28-12-11-27-18/h1-6,13H,7-12,14H2. The van der Waals surface area contributed by atoms with Crippen LogP contribution in [-0.4, -0.2) is 66.8 Å². The molecule has 2 aromatic rings. The Balaban J connectivity index is 1.27. The molecule has 29 heavy (non-hydrogen) atoms. The van der Waals surface area contributed by atoms with Crippen molar-refractivity contribution in [1.29, 1.82) is 0 Å². The molecule has 8 heteroatoms. The largest absolute Gasteiger partial charge is 0.486 e. The van der Waals surface area contributed by atoms with Crippen LogP contribution in [0.4, 0.5) is 4.39 Å². The van der Waals surface area contributed by atoms with E-state index in [0.29, 0.717) is 56.5 Å². The lowest BCUT2D eigenvalue weighted by Crippen LogP contribution is -2.51. The summed E-state index contributed by atoms with van der Waals surface area (Å²) in [6.45, 7) is 3.00. The van der Waals surface area contributed by atoms with Gasteiger partial charge in [0, 0.05) is 36.6 Å². The Morgan fingerprint density at radius 3 is 2.28 bits per heavy atom. The van der Waals surface area contributed by atoms with Gasteiger partial charge < -0.3 is 19.3 Å². The Morgan fingerprint density at radius 1 is 0.897 bits per heavy atom. The van der Waals surface area contributed by atoms with Crippen LogP contribution in [-0.2, 0) is 4.79 Å². The van der Waals surface area contributed by atoms with Crippen molar-refractivity contribution in [3.05, 3.63) is 53.8 Å². The predicted molar refractivity (Wildman–Crippen MR) is 107 cm³/mol.